The number of hydrogen-bond donors (Lipinski definition) is 0. The second-order valence-electron chi connectivity index (χ2n) is 12.7. The quantitative estimate of drug-likeness (QED) is 0.0627. The van der Waals surface area contributed by atoms with E-state index in [4.69, 9.17) is 4.74 Å². The van der Waals surface area contributed by atoms with Gasteiger partial charge in [0.1, 0.15) is 6.54 Å². The van der Waals surface area contributed by atoms with Crippen LogP contribution in [0.5, 0.6) is 0 Å². The first-order valence-corrected chi connectivity index (χ1v) is 15.9. The van der Waals surface area contributed by atoms with Crippen molar-refractivity contribution in [3.05, 3.63) is 0 Å². The molecule has 216 valence electrons. The molecule has 0 aliphatic heterocycles. The molecule has 36 heavy (non-hydrogen) atoms. The normalized spacial score (nSPS) is 12.9. The van der Waals surface area contributed by atoms with Gasteiger partial charge in [0.05, 0.1) is 21.1 Å². The third-order valence-electron chi connectivity index (χ3n) is 7.10. The topological polar surface area (TPSA) is 29.5 Å². The monoisotopic (exact) mass is 512 g/mol. The Morgan fingerprint density at radius 3 is 1.25 bits per heavy atom. The highest BCUT2D eigenvalue weighted by atomic mass is 16.5. The number of esters is 1. The maximum absolute atomic E-state index is 12.3. The number of ether oxygens (including phenoxy) is 1. The highest BCUT2D eigenvalue weighted by Gasteiger charge is 2.22. The lowest BCUT2D eigenvalue weighted by Gasteiger charge is -2.30. The van der Waals surface area contributed by atoms with Gasteiger partial charge in [-0.05, 0) is 20.5 Å². The van der Waals surface area contributed by atoms with Crippen molar-refractivity contribution in [2.24, 2.45) is 0 Å². The molecular formula is C32H67N2O2+. The van der Waals surface area contributed by atoms with Crippen molar-refractivity contribution in [2.75, 3.05) is 48.3 Å². The maximum atomic E-state index is 12.3. The lowest BCUT2D eigenvalue weighted by molar-refractivity contribution is -0.873. The SMILES string of the molecule is CCCCCCCCCCCCCCCCCCCCCCCC(=O)OC(CN(C)C)C[N+](C)(C)C. The molecule has 0 radical (unpaired) electrons. The fraction of sp³-hybridized carbons (Fsp3) is 0.969. The summed E-state index contributed by atoms with van der Waals surface area (Å²) in [6.07, 6.45) is 29.6. The molecule has 0 heterocycles. The molecule has 0 saturated heterocycles. The number of likely N-dealkylation sites (N-methyl/N-ethyl adjacent to an activating group) is 2. The van der Waals surface area contributed by atoms with Crippen LogP contribution in [-0.4, -0.2) is 69.8 Å². The third kappa shape index (κ3) is 28.0. The summed E-state index contributed by atoms with van der Waals surface area (Å²) < 4.78 is 6.60. The Hall–Kier alpha value is -0.610. The molecule has 0 N–H and O–H groups in total. The van der Waals surface area contributed by atoms with Crippen molar-refractivity contribution in [1.82, 2.24) is 4.90 Å². The van der Waals surface area contributed by atoms with Crippen LogP contribution in [0.3, 0.4) is 0 Å². The zero-order chi connectivity index (χ0) is 26.9. The lowest BCUT2D eigenvalue weighted by atomic mass is 10.0. The highest BCUT2D eigenvalue weighted by molar-refractivity contribution is 5.69. The van der Waals surface area contributed by atoms with Crippen molar-refractivity contribution < 1.29 is 14.0 Å². The Balaban J connectivity index is 3.40. The van der Waals surface area contributed by atoms with Gasteiger partial charge in [0.2, 0.25) is 0 Å². The smallest absolute Gasteiger partial charge is 0.306 e. The van der Waals surface area contributed by atoms with Crippen LogP contribution < -0.4 is 0 Å². The van der Waals surface area contributed by atoms with Gasteiger partial charge in [0.25, 0.3) is 0 Å². The molecule has 0 aromatic rings. The van der Waals surface area contributed by atoms with E-state index in [1.165, 1.54) is 122 Å². The molecule has 0 aliphatic carbocycles. The van der Waals surface area contributed by atoms with Gasteiger partial charge in [-0.1, -0.05) is 135 Å². The number of carbonyl (C=O) groups excluding carboxylic acids is 1. The van der Waals surface area contributed by atoms with Gasteiger partial charge in [-0.25, -0.2) is 0 Å². The van der Waals surface area contributed by atoms with E-state index >= 15 is 0 Å². The zero-order valence-corrected chi connectivity index (χ0v) is 25.8. The summed E-state index contributed by atoms with van der Waals surface area (Å²) in [4.78, 5) is 14.4. The molecule has 0 fully saturated rings. The van der Waals surface area contributed by atoms with Crippen molar-refractivity contribution in [3.8, 4) is 0 Å². The lowest BCUT2D eigenvalue weighted by Crippen LogP contribution is -2.46. The van der Waals surface area contributed by atoms with E-state index in [0.717, 1.165) is 30.4 Å². The van der Waals surface area contributed by atoms with Gasteiger partial charge in [-0.3, -0.25) is 4.79 Å². The molecule has 0 bridgehead atoms. The molecule has 0 spiro atoms. The largest absolute Gasteiger partial charge is 0.455 e. The van der Waals surface area contributed by atoms with E-state index in [-0.39, 0.29) is 12.1 Å². The summed E-state index contributed by atoms with van der Waals surface area (Å²) in [5, 5.41) is 0. The van der Waals surface area contributed by atoms with Crippen LogP contribution in [-0.2, 0) is 9.53 Å². The van der Waals surface area contributed by atoms with Gasteiger partial charge in [0, 0.05) is 13.0 Å². The van der Waals surface area contributed by atoms with E-state index in [0.29, 0.717) is 6.42 Å². The number of rotatable bonds is 27. The number of unbranched alkanes of at least 4 members (excludes halogenated alkanes) is 20. The molecule has 0 aromatic heterocycles. The molecule has 0 aliphatic rings. The van der Waals surface area contributed by atoms with Crippen LogP contribution in [0.15, 0.2) is 0 Å². The van der Waals surface area contributed by atoms with Gasteiger partial charge in [-0.2, -0.15) is 0 Å². The fourth-order valence-corrected chi connectivity index (χ4v) is 5.10. The van der Waals surface area contributed by atoms with Gasteiger partial charge >= 0.3 is 5.97 Å². The number of quaternary nitrogens is 1. The summed E-state index contributed by atoms with van der Waals surface area (Å²) in [6, 6.07) is 0. The number of nitrogens with zero attached hydrogens (tertiary/aromatic N) is 2. The Morgan fingerprint density at radius 2 is 0.944 bits per heavy atom. The van der Waals surface area contributed by atoms with Crippen molar-refractivity contribution in [2.45, 2.75) is 154 Å². The molecule has 1 atom stereocenters. The summed E-state index contributed by atoms with van der Waals surface area (Å²) in [6.45, 7) is 3.94. The minimum absolute atomic E-state index is 0.0203. The minimum Gasteiger partial charge on any atom is -0.455 e. The Morgan fingerprint density at radius 1 is 0.611 bits per heavy atom. The van der Waals surface area contributed by atoms with Crippen molar-refractivity contribution >= 4 is 5.97 Å². The second-order valence-corrected chi connectivity index (χ2v) is 12.7. The molecule has 1 unspecified atom stereocenters. The van der Waals surface area contributed by atoms with E-state index < -0.39 is 0 Å². The molecule has 0 aromatic carbocycles. The van der Waals surface area contributed by atoms with Gasteiger partial charge < -0.3 is 14.1 Å². The molecule has 0 amide bonds. The molecule has 0 saturated carbocycles. The average Bonchev–Trinajstić information content (AvgIpc) is 2.78. The van der Waals surface area contributed by atoms with Crippen LogP contribution in [0.1, 0.15) is 148 Å². The standard InChI is InChI=1S/C32H67N2O2/c1-7-8-9-10-11-12-13-14-15-16-17-18-19-20-21-22-23-24-25-26-27-28-32(35)36-31(29-33(2)3)30-34(4,5)6/h31H,7-30H2,1-6H3/q+1. The zero-order valence-electron chi connectivity index (χ0n) is 25.8. The Labute approximate surface area is 227 Å². The van der Waals surface area contributed by atoms with Crippen molar-refractivity contribution in [3.63, 3.8) is 0 Å². The van der Waals surface area contributed by atoms with E-state index in [9.17, 15) is 4.79 Å². The predicted molar refractivity (Wildman–Crippen MR) is 159 cm³/mol. The van der Waals surface area contributed by atoms with E-state index in [2.05, 4.69) is 33.0 Å². The summed E-state index contributed by atoms with van der Waals surface area (Å²) in [7, 11) is 10.5. The molecule has 0 rings (SSSR count). The maximum Gasteiger partial charge on any atom is 0.306 e. The summed E-state index contributed by atoms with van der Waals surface area (Å²) in [5.74, 6) is -0.0203. The summed E-state index contributed by atoms with van der Waals surface area (Å²) in [5.41, 5.74) is 0. The fourth-order valence-electron chi connectivity index (χ4n) is 5.10. The summed E-state index contributed by atoms with van der Waals surface area (Å²) >= 11 is 0. The van der Waals surface area contributed by atoms with Crippen LogP contribution in [0.25, 0.3) is 0 Å². The first-order chi connectivity index (χ1) is 17.2. The Kier molecular flexibility index (Phi) is 24.3. The van der Waals surface area contributed by atoms with Gasteiger partial charge in [0.15, 0.2) is 6.10 Å². The average molecular weight is 512 g/mol. The first kappa shape index (κ1) is 35.4. The predicted octanol–water partition coefficient (Wildman–Crippen LogP) is 8.77. The van der Waals surface area contributed by atoms with Crippen molar-refractivity contribution in [1.29, 1.82) is 0 Å². The Bertz CT molecular complexity index is 473. The van der Waals surface area contributed by atoms with Gasteiger partial charge in [-0.15, -0.1) is 0 Å². The van der Waals surface area contributed by atoms with Crippen LogP contribution in [0.4, 0.5) is 0 Å². The number of carbonyl (C=O) groups is 1. The number of hydrogen-bond acceptors (Lipinski definition) is 3. The molecular weight excluding hydrogens is 444 g/mol. The van der Waals surface area contributed by atoms with E-state index in [1.807, 2.05) is 14.1 Å². The third-order valence-corrected chi connectivity index (χ3v) is 7.10. The van der Waals surface area contributed by atoms with Crippen LogP contribution in [0, 0.1) is 0 Å². The first-order valence-electron chi connectivity index (χ1n) is 15.9. The highest BCUT2D eigenvalue weighted by Crippen LogP contribution is 2.15. The van der Waals surface area contributed by atoms with Crippen LogP contribution >= 0.6 is 0 Å². The van der Waals surface area contributed by atoms with Crippen LogP contribution in [0.2, 0.25) is 0 Å². The molecule has 4 heteroatoms. The van der Waals surface area contributed by atoms with E-state index in [1.54, 1.807) is 0 Å². The minimum atomic E-state index is -0.0256. The second kappa shape index (κ2) is 24.7. The molecule has 4 nitrogen and oxygen atoms in total.